The molecule has 4 rings (SSSR count). The summed E-state index contributed by atoms with van der Waals surface area (Å²) >= 11 is 0. The Hall–Kier alpha value is -3.12. The van der Waals surface area contributed by atoms with Gasteiger partial charge in [0.15, 0.2) is 0 Å². The van der Waals surface area contributed by atoms with E-state index in [0.29, 0.717) is 17.1 Å². The number of para-hydroxylation sites is 1. The van der Waals surface area contributed by atoms with E-state index < -0.39 is 10.0 Å². The topological polar surface area (TPSA) is 65.0 Å². The van der Waals surface area contributed by atoms with Crippen LogP contribution in [0.1, 0.15) is 11.1 Å². The molecule has 0 aliphatic carbocycles. The van der Waals surface area contributed by atoms with Crippen molar-refractivity contribution in [2.45, 2.75) is 11.8 Å². The molecule has 0 radical (unpaired) electrons. The number of nitrogens with zero attached hydrogens (tertiary/aromatic N) is 1. The predicted molar refractivity (Wildman–Crippen MR) is 98.5 cm³/mol. The van der Waals surface area contributed by atoms with E-state index in [4.69, 9.17) is 9.47 Å². The second-order valence-corrected chi connectivity index (χ2v) is 7.38. The Kier molecular flexibility index (Phi) is 3.97. The van der Waals surface area contributed by atoms with Gasteiger partial charge in [0.2, 0.25) is 5.90 Å². The van der Waals surface area contributed by atoms with Gasteiger partial charge in [0.1, 0.15) is 22.1 Å². The van der Waals surface area contributed by atoms with Crippen LogP contribution in [0.2, 0.25) is 0 Å². The maximum Gasteiger partial charge on any atom is 0.286 e. The molecule has 1 aliphatic heterocycles. The molecule has 0 amide bonds. The van der Waals surface area contributed by atoms with E-state index >= 15 is 0 Å². The van der Waals surface area contributed by atoms with Gasteiger partial charge in [-0.15, -0.1) is 4.40 Å². The van der Waals surface area contributed by atoms with Crippen LogP contribution in [0.15, 0.2) is 82.1 Å². The van der Waals surface area contributed by atoms with E-state index in [1.54, 1.807) is 42.5 Å². The minimum absolute atomic E-state index is 0.0770. The van der Waals surface area contributed by atoms with Crippen LogP contribution in [0.4, 0.5) is 0 Å². The standard InChI is InChI=1S/C20H15NO4S/c1-14-6-2-4-8-18(14)24-15-10-12-16(13-11-15)25-20-17-7-3-5-9-19(17)26(22,23)21-20/h2-13H,1H3. The lowest BCUT2D eigenvalue weighted by Crippen LogP contribution is -2.07. The zero-order valence-electron chi connectivity index (χ0n) is 13.9. The van der Waals surface area contributed by atoms with Crippen LogP contribution in [0.3, 0.4) is 0 Å². The smallest absolute Gasteiger partial charge is 0.286 e. The molecular formula is C20H15NO4S. The van der Waals surface area contributed by atoms with Crippen LogP contribution in [-0.4, -0.2) is 14.3 Å². The number of sulfonamides is 1. The number of ether oxygens (including phenoxy) is 2. The van der Waals surface area contributed by atoms with Gasteiger partial charge in [-0.3, -0.25) is 0 Å². The lowest BCUT2D eigenvalue weighted by molar-refractivity contribution is 0.476. The zero-order valence-corrected chi connectivity index (χ0v) is 14.7. The summed E-state index contributed by atoms with van der Waals surface area (Å²) in [5.41, 5.74) is 1.50. The van der Waals surface area contributed by atoms with Crippen LogP contribution >= 0.6 is 0 Å². The average Bonchev–Trinajstić information content (AvgIpc) is 2.89. The number of rotatable bonds is 3. The molecule has 0 spiro atoms. The van der Waals surface area contributed by atoms with Crippen molar-refractivity contribution in [3.8, 4) is 17.2 Å². The summed E-state index contributed by atoms with van der Waals surface area (Å²) in [6.45, 7) is 1.98. The SMILES string of the molecule is Cc1ccccc1Oc1ccc(OC2=NS(=O)(=O)c3ccccc32)cc1. The number of fused-ring (bicyclic) bond motifs is 1. The fraction of sp³-hybridized carbons (Fsp3) is 0.0500. The first-order valence-corrected chi connectivity index (χ1v) is 9.43. The first kappa shape index (κ1) is 16.4. The van der Waals surface area contributed by atoms with Crippen molar-refractivity contribution in [2.75, 3.05) is 0 Å². The van der Waals surface area contributed by atoms with E-state index in [9.17, 15) is 8.42 Å². The Balaban J connectivity index is 1.55. The Morgan fingerprint density at radius 2 is 1.38 bits per heavy atom. The highest BCUT2D eigenvalue weighted by atomic mass is 32.2. The van der Waals surface area contributed by atoms with Gasteiger partial charge in [-0.05, 0) is 55.0 Å². The second kappa shape index (κ2) is 6.31. The Bertz CT molecular complexity index is 1100. The largest absolute Gasteiger partial charge is 0.457 e. The molecule has 26 heavy (non-hydrogen) atoms. The van der Waals surface area contributed by atoms with Crippen LogP contribution in [0.25, 0.3) is 0 Å². The number of hydrogen-bond donors (Lipinski definition) is 0. The molecule has 1 aliphatic rings. The van der Waals surface area contributed by atoms with Crippen molar-refractivity contribution in [1.82, 2.24) is 0 Å². The van der Waals surface area contributed by atoms with Crippen LogP contribution in [0, 0.1) is 6.92 Å². The number of benzene rings is 3. The van der Waals surface area contributed by atoms with E-state index in [1.807, 2.05) is 31.2 Å². The molecule has 3 aromatic carbocycles. The van der Waals surface area contributed by atoms with Gasteiger partial charge >= 0.3 is 0 Å². The van der Waals surface area contributed by atoms with Gasteiger partial charge in [0, 0.05) is 0 Å². The zero-order chi connectivity index (χ0) is 18.1. The summed E-state index contributed by atoms with van der Waals surface area (Å²) in [5.74, 6) is 2.00. The van der Waals surface area contributed by atoms with E-state index in [0.717, 1.165) is 11.3 Å². The molecule has 1 heterocycles. The third-order valence-electron chi connectivity index (χ3n) is 3.96. The van der Waals surface area contributed by atoms with Crippen molar-refractivity contribution in [3.63, 3.8) is 0 Å². The molecule has 6 heteroatoms. The minimum atomic E-state index is -3.69. The summed E-state index contributed by atoms with van der Waals surface area (Å²) in [5, 5.41) is 0. The van der Waals surface area contributed by atoms with Gasteiger partial charge in [-0.25, -0.2) is 0 Å². The minimum Gasteiger partial charge on any atom is -0.457 e. The molecule has 3 aromatic rings. The maximum absolute atomic E-state index is 12.1. The van der Waals surface area contributed by atoms with E-state index in [1.165, 1.54) is 6.07 Å². The highest BCUT2D eigenvalue weighted by Crippen LogP contribution is 2.29. The van der Waals surface area contributed by atoms with Gasteiger partial charge in [0.05, 0.1) is 5.56 Å². The van der Waals surface area contributed by atoms with Crippen molar-refractivity contribution in [2.24, 2.45) is 4.40 Å². The molecule has 0 fully saturated rings. The first-order chi connectivity index (χ1) is 12.5. The Morgan fingerprint density at radius 1 is 0.769 bits per heavy atom. The lowest BCUT2D eigenvalue weighted by Gasteiger charge is -2.09. The Morgan fingerprint density at radius 3 is 2.12 bits per heavy atom. The van der Waals surface area contributed by atoms with Crippen LogP contribution in [-0.2, 0) is 10.0 Å². The van der Waals surface area contributed by atoms with E-state index in [-0.39, 0.29) is 10.8 Å². The summed E-state index contributed by atoms with van der Waals surface area (Å²) in [4.78, 5) is 0.162. The second-order valence-electron chi connectivity index (χ2n) is 5.81. The van der Waals surface area contributed by atoms with Crippen molar-refractivity contribution >= 4 is 15.9 Å². The molecule has 0 atom stereocenters. The summed E-state index contributed by atoms with van der Waals surface area (Å²) in [6, 6.07) is 21.3. The summed E-state index contributed by atoms with van der Waals surface area (Å²) in [6.07, 6.45) is 0. The lowest BCUT2D eigenvalue weighted by atomic mass is 10.2. The molecule has 0 saturated heterocycles. The molecule has 0 aromatic heterocycles. The van der Waals surface area contributed by atoms with Gasteiger partial charge in [0.25, 0.3) is 10.0 Å². The monoisotopic (exact) mass is 365 g/mol. The average molecular weight is 365 g/mol. The third-order valence-corrected chi connectivity index (χ3v) is 5.28. The summed E-state index contributed by atoms with van der Waals surface area (Å²) < 4.78 is 39.4. The number of hydrogen-bond acceptors (Lipinski definition) is 4. The fourth-order valence-electron chi connectivity index (χ4n) is 2.63. The first-order valence-electron chi connectivity index (χ1n) is 7.99. The van der Waals surface area contributed by atoms with Gasteiger partial charge in [-0.2, -0.15) is 8.42 Å². The van der Waals surface area contributed by atoms with Crippen molar-refractivity contribution in [3.05, 3.63) is 83.9 Å². The van der Waals surface area contributed by atoms with E-state index in [2.05, 4.69) is 4.40 Å². The van der Waals surface area contributed by atoms with Crippen LogP contribution in [0.5, 0.6) is 17.2 Å². The third kappa shape index (κ3) is 3.07. The molecule has 0 saturated carbocycles. The normalized spacial score (nSPS) is 14.4. The quantitative estimate of drug-likeness (QED) is 0.693. The predicted octanol–water partition coefficient (Wildman–Crippen LogP) is 4.32. The van der Waals surface area contributed by atoms with Crippen LogP contribution < -0.4 is 9.47 Å². The highest BCUT2D eigenvalue weighted by Gasteiger charge is 2.29. The molecule has 5 nitrogen and oxygen atoms in total. The molecule has 0 unspecified atom stereocenters. The Labute approximate surface area is 151 Å². The molecular weight excluding hydrogens is 350 g/mol. The highest BCUT2D eigenvalue weighted by molar-refractivity contribution is 7.90. The van der Waals surface area contributed by atoms with Gasteiger partial charge < -0.3 is 9.47 Å². The molecule has 0 bridgehead atoms. The summed E-state index contributed by atoms with van der Waals surface area (Å²) in [7, 11) is -3.69. The van der Waals surface area contributed by atoms with Crippen molar-refractivity contribution in [1.29, 1.82) is 0 Å². The molecule has 130 valence electrons. The van der Waals surface area contributed by atoms with Gasteiger partial charge in [-0.1, -0.05) is 30.3 Å². The molecule has 0 N–H and O–H groups in total. The van der Waals surface area contributed by atoms with Crippen molar-refractivity contribution < 1.29 is 17.9 Å². The fourth-order valence-corrected chi connectivity index (χ4v) is 3.77. The maximum atomic E-state index is 12.1. The number of aryl methyl sites for hydroxylation is 1.